The molecule has 0 bridgehead atoms. The van der Waals surface area contributed by atoms with Gasteiger partial charge in [-0.05, 0) is 43.2 Å². The molecule has 5 rings (SSSR count). The molecule has 6 heteroatoms. The Bertz CT molecular complexity index is 1230. The van der Waals surface area contributed by atoms with E-state index in [0.29, 0.717) is 28.6 Å². The van der Waals surface area contributed by atoms with Gasteiger partial charge in [-0.25, -0.2) is 9.78 Å². The second kappa shape index (κ2) is 7.28. The zero-order valence-electron chi connectivity index (χ0n) is 16.3. The molecular formula is C23H23N2O3S+. The standard InChI is InChI=1S/C23H22N2O3S/c1-14-5-4-10-25(12-14)13-17-19(26)9-8-15-11-16(23(27)28-21(15)17)22-24-18-6-2-3-7-20(18)29-22/h2-3,6-9,11,14,26H,4-5,10,12-13H2,1H3/p+1/t14-/m1/s1. The Kier molecular flexibility index (Phi) is 4.60. The van der Waals surface area contributed by atoms with Gasteiger partial charge in [0.25, 0.3) is 0 Å². The van der Waals surface area contributed by atoms with Crippen molar-refractivity contribution in [3.63, 3.8) is 0 Å². The summed E-state index contributed by atoms with van der Waals surface area (Å²) in [7, 11) is 0. The number of quaternary nitrogens is 1. The summed E-state index contributed by atoms with van der Waals surface area (Å²) in [5.74, 6) is 0.868. The highest BCUT2D eigenvalue weighted by molar-refractivity contribution is 7.21. The predicted molar refractivity (Wildman–Crippen MR) is 116 cm³/mol. The van der Waals surface area contributed by atoms with Gasteiger partial charge in [-0.1, -0.05) is 19.1 Å². The first-order chi connectivity index (χ1) is 14.1. The third-order valence-corrected chi connectivity index (χ3v) is 6.87. The topological polar surface area (TPSA) is 67.8 Å². The van der Waals surface area contributed by atoms with E-state index in [4.69, 9.17) is 4.42 Å². The van der Waals surface area contributed by atoms with E-state index in [1.54, 1.807) is 6.07 Å². The zero-order chi connectivity index (χ0) is 20.0. The van der Waals surface area contributed by atoms with Crippen molar-refractivity contribution in [1.29, 1.82) is 0 Å². The molecular weight excluding hydrogens is 384 g/mol. The van der Waals surface area contributed by atoms with E-state index in [9.17, 15) is 9.90 Å². The molecule has 2 aromatic carbocycles. The number of aromatic hydroxyl groups is 1. The molecule has 0 saturated carbocycles. The summed E-state index contributed by atoms with van der Waals surface area (Å²) in [5, 5.41) is 12.0. The monoisotopic (exact) mass is 407 g/mol. The Morgan fingerprint density at radius 1 is 1.28 bits per heavy atom. The van der Waals surface area contributed by atoms with Crippen molar-refractivity contribution >= 4 is 32.5 Å². The van der Waals surface area contributed by atoms with Crippen molar-refractivity contribution in [1.82, 2.24) is 4.98 Å². The smallest absolute Gasteiger partial charge is 0.346 e. The summed E-state index contributed by atoms with van der Waals surface area (Å²) in [6.45, 7) is 5.08. The fraction of sp³-hybridized carbons (Fsp3) is 0.304. The van der Waals surface area contributed by atoms with Crippen molar-refractivity contribution in [2.24, 2.45) is 5.92 Å². The van der Waals surface area contributed by atoms with E-state index in [1.807, 2.05) is 36.4 Å². The Labute approximate surface area is 172 Å². The molecule has 0 spiro atoms. The van der Waals surface area contributed by atoms with E-state index in [2.05, 4.69) is 11.9 Å². The van der Waals surface area contributed by atoms with Crippen LogP contribution in [-0.2, 0) is 6.54 Å². The summed E-state index contributed by atoms with van der Waals surface area (Å²) in [4.78, 5) is 18.8. The van der Waals surface area contributed by atoms with Crippen LogP contribution in [0.4, 0.5) is 0 Å². The summed E-state index contributed by atoms with van der Waals surface area (Å²) in [6, 6.07) is 13.2. The Balaban J connectivity index is 1.59. The van der Waals surface area contributed by atoms with Crippen LogP contribution >= 0.6 is 11.3 Å². The molecule has 29 heavy (non-hydrogen) atoms. The van der Waals surface area contributed by atoms with Gasteiger partial charge in [0.1, 0.15) is 17.3 Å². The lowest BCUT2D eigenvalue weighted by molar-refractivity contribution is -0.922. The molecule has 5 nitrogen and oxygen atoms in total. The number of hydrogen-bond donors (Lipinski definition) is 2. The highest BCUT2D eigenvalue weighted by Gasteiger charge is 2.23. The molecule has 2 aromatic heterocycles. The number of para-hydroxylation sites is 1. The highest BCUT2D eigenvalue weighted by atomic mass is 32.1. The third kappa shape index (κ3) is 3.43. The van der Waals surface area contributed by atoms with Crippen molar-refractivity contribution in [3.8, 4) is 16.3 Å². The molecule has 4 aromatic rings. The number of benzene rings is 2. The largest absolute Gasteiger partial charge is 0.507 e. The fourth-order valence-electron chi connectivity index (χ4n) is 4.35. The summed E-state index contributed by atoms with van der Waals surface area (Å²) in [6.07, 6.45) is 2.44. The maximum absolute atomic E-state index is 12.8. The average molecular weight is 408 g/mol. The van der Waals surface area contributed by atoms with E-state index in [-0.39, 0.29) is 5.75 Å². The molecule has 1 unspecified atom stereocenters. The number of nitrogens with one attached hydrogen (secondary N) is 1. The normalized spacial score (nSPS) is 19.8. The molecule has 3 heterocycles. The van der Waals surface area contributed by atoms with Gasteiger partial charge in [-0.15, -0.1) is 11.3 Å². The van der Waals surface area contributed by atoms with Crippen LogP contribution in [0.25, 0.3) is 31.8 Å². The number of rotatable bonds is 3. The number of hydrogen-bond acceptors (Lipinski definition) is 5. The second-order valence-corrected chi connectivity index (χ2v) is 9.07. The average Bonchev–Trinajstić information content (AvgIpc) is 3.14. The van der Waals surface area contributed by atoms with Crippen LogP contribution in [0.5, 0.6) is 5.75 Å². The SMILES string of the molecule is C[C@@H]1CCC[NH+](Cc2c(O)ccc3cc(-c4nc5ccccc5s4)c(=O)oc23)C1. The minimum absolute atomic E-state index is 0.194. The Morgan fingerprint density at radius 2 is 2.14 bits per heavy atom. The van der Waals surface area contributed by atoms with Crippen LogP contribution in [0.15, 0.2) is 51.7 Å². The van der Waals surface area contributed by atoms with Crippen molar-refractivity contribution < 1.29 is 14.4 Å². The maximum Gasteiger partial charge on any atom is 0.346 e. The maximum atomic E-state index is 12.8. The number of aromatic nitrogens is 1. The molecule has 1 saturated heterocycles. The minimum Gasteiger partial charge on any atom is -0.507 e. The van der Waals surface area contributed by atoms with Crippen LogP contribution in [-0.4, -0.2) is 23.2 Å². The van der Waals surface area contributed by atoms with Crippen LogP contribution in [0.1, 0.15) is 25.3 Å². The molecule has 2 atom stereocenters. The second-order valence-electron chi connectivity index (χ2n) is 8.04. The highest BCUT2D eigenvalue weighted by Crippen LogP contribution is 2.32. The molecule has 0 amide bonds. The van der Waals surface area contributed by atoms with Gasteiger partial charge in [0.2, 0.25) is 0 Å². The third-order valence-electron chi connectivity index (χ3n) is 5.80. The van der Waals surface area contributed by atoms with Crippen molar-refractivity contribution in [3.05, 3.63) is 58.4 Å². The van der Waals surface area contributed by atoms with Gasteiger partial charge < -0.3 is 14.4 Å². The van der Waals surface area contributed by atoms with Gasteiger partial charge in [0, 0.05) is 11.3 Å². The molecule has 148 valence electrons. The lowest BCUT2D eigenvalue weighted by Crippen LogP contribution is -3.12. The van der Waals surface area contributed by atoms with Crippen LogP contribution < -0.4 is 10.5 Å². The number of likely N-dealkylation sites (tertiary alicyclic amines) is 1. The van der Waals surface area contributed by atoms with Gasteiger partial charge in [0.15, 0.2) is 5.58 Å². The number of nitrogens with zero attached hydrogens (tertiary/aromatic N) is 1. The number of fused-ring (bicyclic) bond motifs is 2. The lowest BCUT2D eigenvalue weighted by atomic mass is 9.99. The van der Waals surface area contributed by atoms with Gasteiger partial charge >= 0.3 is 5.63 Å². The number of thiazole rings is 1. The van der Waals surface area contributed by atoms with Crippen molar-refractivity contribution in [2.75, 3.05) is 13.1 Å². The minimum atomic E-state index is -0.412. The van der Waals surface area contributed by atoms with E-state index in [1.165, 1.54) is 29.1 Å². The first-order valence-corrected chi connectivity index (χ1v) is 10.9. The van der Waals surface area contributed by atoms with Gasteiger partial charge in [-0.3, -0.25) is 0 Å². The summed E-state index contributed by atoms with van der Waals surface area (Å²) < 4.78 is 6.80. The predicted octanol–water partition coefficient (Wildman–Crippen LogP) is 3.59. The lowest BCUT2D eigenvalue weighted by Gasteiger charge is -2.28. The first-order valence-electron chi connectivity index (χ1n) is 10.1. The van der Waals surface area contributed by atoms with Crippen LogP contribution in [0.2, 0.25) is 0 Å². The summed E-state index contributed by atoms with van der Waals surface area (Å²) >= 11 is 1.48. The molecule has 1 aliphatic rings. The van der Waals surface area contributed by atoms with E-state index < -0.39 is 5.63 Å². The van der Waals surface area contributed by atoms with E-state index >= 15 is 0 Å². The van der Waals surface area contributed by atoms with E-state index in [0.717, 1.165) is 34.3 Å². The molecule has 2 N–H and O–H groups in total. The number of piperidine rings is 1. The van der Waals surface area contributed by atoms with Gasteiger partial charge in [0.05, 0.1) is 34.4 Å². The number of phenols is 1. The number of phenolic OH excluding ortho intramolecular Hbond substituents is 1. The quantitative estimate of drug-likeness (QED) is 0.510. The first kappa shape index (κ1) is 18.3. The zero-order valence-corrected chi connectivity index (χ0v) is 17.1. The molecule has 1 aliphatic heterocycles. The molecule has 0 aliphatic carbocycles. The molecule has 1 fully saturated rings. The van der Waals surface area contributed by atoms with Crippen LogP contribution in [0, 0.1) is 5.92 Å². The Morgan fingerprint density at radius 3 is 2.97 bits per heavy atom. The molecule has 0 radical (unpaired) electrons. The van der Waals surface area contributed by atoms with Crippen LogP contribution in [0.3, 0.4) is 0 Å². The Hall–Kier alpha value is -2.70. The van der Waals surface area contributed by atoms with Gasteiger partial charge in [-0.2, -0.15) is 0 Å². The van der Waals surface area contributed by atoms with Crippen molar-refractivity contribution in [2.45, 2.75) is 26.3 Å². The summed E-state index contributed by atoms with van der Waals surface area (Å²) in [5.41, 5.74) is 2.14. The fourth-order valence-corrected chi connectivity index (χ4v) is 5.32.